The molecule has 322 valence electrons. The van der Waals surface area contributed by atoms with Crippen LogP contribution in [0.4, 0.5) is 0 Å². The number of esters is 2. The molecule has 3 atom stereocenters. The van der Waals surface area contributed by atoms with Crippen LogP contribution in [0.3, 0.4) is 0 Å². The number of ether oxygens (including phenoxy) is 2. The Morgan fingerprint density at radius 2 is 0.964 bits per heavy atom. The number of hydrogen-bond acceptors (Lipinski definition) is 9. The van der Waals surface area contributed by atoms with Crippen molar-refractivity contribution in [2.45, 2.75) is 212 Å². The van der Waals surface area contributed by atoms with Crippen molar-refractivity contribution < 1.29 is 47.5 Å². The Kier molecular flexibility index (Phi) is 37.4. The van der Waals surface area contributed by atoms with Gasteiger partial charge in [-0.25, -0.2) is 4.57 Å². The van der Waals surface area contributed by atoms with Gasteiger partial charge in [-0.3, -0.25) is 23.4 Å². The molecule has 0 aromatic rings. The highest BCUT2D eigenvalue weighted by Gasteiger charge is 2.28. The van der Waals surface area contributed by atoms with Crippen LogP contribution in [0.5, 0.6) is 0 Å². The van der Waals surface area contributed by atoms with Crippen molar-refractivity contribution in [3.63, 3.8) is 0 Å². The van der Waals surface area contributed by atoms with Gasteiger partial charge in [0.25, 0.3) is 0 Å². The first-order valence-corrected chi connectivity index (χ1v) is 23.4. The van der Waals surface area contributed by atoms with Crippen LogP contribution in [-0.2, 0) is 37.5 Å². The molecule has 0 aliphatic heterocycles. The van der Waals surface area contributed by atoms with E-state index in [4.69, 9.17) is 24.8 Å². The summed E-state index contributed by atoms with van der Waals surface area (Å²) in [5.74, 6) is -2.38. The summed E-state index contributed by atoms with van der Waals surface area (Å²) in [6.45, 7) is 2.78. The standard InChI is InChI=1S/C43H80NO10P/c1-3-5-7-9-11-13-15-17-19-20-21-23-25-27-29-31-33-35-42(46)54-39(37-52-55(49,50)53-38-40(44)43(47)48)36-51-41(45)34-32-30-28-26-24-22-18-16-14-12-10-8-6-4-2/h11,13,17,19,39-40H,3-10,12,14-16,18,20-38,44H2,1-2H3,(H,47,48)(H,49,50)/b13-11-,19-17-. The molecule has 0 aliphatic rings. The lowest BCUT2D eigenvalue weighted by Crippen LogP contribution is -2.34. The second-order valence-electron chi connectivity index (χ2n) is 14.8. The maximum atomic E-state index is 12.6. The molecule has 0 amide bonds. The summed E-state index contributed by atoms with van der Waals surface area (Å²) in [7, 11) is -4.71. The summed E-state index contributed by atoms with van der Waals surface area (Å²) in [4.78, 5) is 45.9. The number of carboxylic acid groups (broad SMARTS) is 1. The number of allylic oxidation sites excluding steroid dienone is 4. The molecule has 0 aliphatic carbocycles. The molecular formula is C43H80NO10P. The molecule has 0 fully saturated rings. The van der Waals surface area contributed by atoms with Crippen LogP contribution in [0.1, 0.15) is 200 Å². The minimum absolute atomic E-state index is 0.155. The Balaban J connectivity index is 4.36. The van der Waals surface area contributed by atoms with Crippen LogP contribution in [0, 0.1) is 0 Å². The minimum Gasteiger partial charge on any atom is -0.480 e. The summed E-state index contributed by atoms with van der Waals surface area (Å²) >= 11 is 0. The second kappa shape index (κ2) is 38.8. The lowest BCUT2D eigenvalue weighted by atomic mass is 10.0. The van der Waals surface area contributed by atoms with Crippen molar-refractivity contribution >= 4 is 25.7 Å². The topological polar surface area (TPSA) is 172 Å². The number of hydrogen-bond donors (Lipinski definition) is 3. The molecule has 3 unspecified atom stereocenters. The second-order valence-corrected chi connectivity index (χ2v) is 16.3. The van der Waals surface area contributed by atoms with Crippen molar-refractivity contribution in [3.8, 4) is 0 Å². The largest absolute Gasteiger partial charge is 0.480 e. The van der Waals surface area contributed by atoms with Gasteiger partial charge in [0.2, 0.25) is 0 Å². The van der Waals surface area contributed by atoms with Crippen molar-refractivity contribution in [2.24, 2.45) is 5.73 Å². The first-order valence-electron chi connectivity index (χ1n) is 21.9. The highest BCUT2D eigenvalue weighted by atomic mass is 31.2. The number of nitrogens with two attached hydrogens (primary N) is 1. The van der Waals surface area contributed by atoms with Gasteiger partial charge in [-0.1, -0.05) is 167 Å². The molecule has 12 heteroatoms. The molecule has 55 heavy (non-hydrogen) atoms. The van der Waals surface area contributed by atoms with Gasteiger partial charge in [-0.2, -0.15) is 0 Å². The number of rotatable bonds is 41. The quantitative estimate of drug-likeness (QED) is 0.0232. The van der Waals surface area contributed by atoms with E-state index in [2.05, 4.69) is 42.7 Å². The van der Waals surface area contributed by atoms with Gasteiger partial charge in [-0.05, 0) is 44.9 Å². The monoisotopic (exact) mass is 802 g/mol. The number of carbonyl (C=O) groups is 3. The van der Waals surface area contributed by atoms with Crippen molar-refractivity contribution in [1.29, 1.82) is 0 Å². The molecule has 0 saturated heterocycles. The fraction of sp³-hybridized carbons (Fsp3) is 0.837. The average molecular weight is 802 g/mol. The Hall–Kier alpha value is -2.04. The molecule has 0 aromatic heterocycles. The third-order valence-electron chi connectivity index (χ3n) is 9.45. The fourth-order valence-corrected chi connectivity index (χ4v) is 6.76. The molecule has 0 bridgehead atoms. The Morgan fingerprint density at radius 3 is 1.45 bits per heavy atom. The van der Waals surface area contributed by atoms with Gasteiger partial charge >= 0.3 is 25.7 Å². The Labute approximate surface area is 334 Å². The lowest BCUT2D eigenvalue weighted by Gasteiger charge is -2.20. The zero-order chi connectivity index (χ0) is 40.7. The summed E-state index contributed by atoms with van der Waals surface area (Å²) in [6, 6.07) is -1.52. The smallest absolute Gasteiger partial charge is 0.472 e. The van der Waals surface area contributed by atoms with E-state index < -0.39 is 51.1 Å². The molecular weight excluding hydrogens is 721 g/mol. The maximum Gasteiger partial charge on any atom is 0.472 e. The predicted molar refractivity (Wildman–Crippen MR) is 222 cm³/mol. The average Bonchev–Trinajstić information content (AvgIpc) is 3.16. The summed E-state index contributed by atoms with van der Waals surface area (Å²) in [6.07, 6.45) is 39.5. The zero-order valence-electron chi connectivity index (χ0n) is 34.8. The number of phosphoric ester groups is 1. The van der Waals surface area contributed by atoms with Crippen molar-refractivity contribution in [2.75, 3.05) is 19.8 Å². The first kappa shape index (κ1) is 53.0. The van der Waals surface area contributed by atoms with Crippen LogP contribution in [-0.4, -0.2) is 59.9 Å². The molecule has 0 heterocycles. The number of carbonyl (C=O) groups excluding carboxylic acids is 2. The van der Waals surface area contributed by atoms with Gasteiger partial charge in [0.05, 0.1) is 13.2 Å². The molecule has 0 saturated carbocycles. The molecule has 0 rings (SSSR count). The van der Waals surface area contributed by atoms with E-state index in [1.807, 2.05) is 0 Å². The number of carboxylic acids is 1. The molecule has 0 aromatic carbocycles. The van der Waals surface area contributed by atoms with Gasteiger partial charge in [0.15, 0.2) is 6.10 Å². The molecule has 0 spiro atoms. The normalized spacial score (nSPS) is 14.0. The van der Waals surface area contributed by atoms with Crippen LogP contribution in [0.25, 0.3) is 0 Å². The SMILES string of the molecule is CCCCC/C=C\C/C=C\CCCCCCCCCC(=O)OC(COC(=O)CCCCCCCCCCCCCCCC)COP(=O)(O)OCC(N)C(=O)O. The fourth-order valence-electron chi connectivity index (χ4n) is 5.98. The summed E-state index contributed by atoms with van der Waals surface area (Å²) in [5.41, 5.74) is 5.33. The Morgan fingerprint density at radius 1 is 0.564 bits per heavy atom. The number of unbranched alkanes of at least 4 members (excludes halogenated alkanes) is 23. The highest BCUT2D eigenvalue weighted by molar-refractivity contribution is 7.47. The van der Waals surface area contributed by atoms with Crippen LogP contribution in [0.2, 0.25) is 0 Å². The Bertz CT molecular complexity index is 1040. The van der Waals surface area contributed by atoms with Crippen molar-refractivity contribution in [1.82, 2.24) is 0 Å². The minimum atomic E-state index is -4.71. The number of phosphoric acid groups is 1. The third-order valence-corrected chi connectivity index (χ3v) is 10.4. The van der Waals surface area contributed by atoms with Gasteiger partial charge in [0.1, 0.15) is 12.6 Å². The van der Waals surface area contributed by atoms with E-state index in [9.17, 15) is 23.8 Å². The maximum absolute atomic E-state index is 12.6. The lowest BCUT2D eigenvalue weighted by molar-refractivity contribution is -0.161. The molecule has 11 nitrogen and oxygen atoms in total. The van der Waals surface area contributed by atoms with E-state index >= 15 is 0 Å². The van der Waals surface area contributed by atoms with E-state index in [-0.39, 0.29) is 19.4 Å². The van der Waals surface area contributed by atoms with Crippen LogP contribution >= 0.6 is 7.82 Å². The van der Waals surface area contributed by atoms with Crippen LogP contribution in [0.15, 0.2) is 24.3 Å². The van der Waals surface area contributed by atoms with Crippen LogP contribution < -0.4 is 5.73 Å². The summed E-state index contributed by atoms with van der Waals surface area (Å²) in [5, 5.41) is 8.88. The summed E-state index contributed by atoms with van der Waals surface area (Å²) < 4.78 is 32.7. The molecule has 4 N–H and O–H groups in total. The highest BCUT2D eigenvalue weighted by Crippen LogP contribution is 2.43. The van der Waals surface area contributed by atoms with Crippen molar-refractivity contribution in [3.05, 3.63) is 24.3 Å². The van der Waals surface area contributed by atoms with Gasteiger partial charge < -0.3 is 25.2 Å². The van der Waals surface area contributed by atoms with E-state index in [0.29, 0.717) is 12.8 Å². The number of aliphatic carboxylic acids is 1. The van der Waals surface area contributed by atoms with Gasteiger partial charge in [-0.15, -0.1) is 0 Å². The van der Waals surface area contributed by atoms with E-state index in [1.165, 1.54) is 103 Å². The predicted octanol–water partition coefficient (Wildman–Crippen LogP) is 11.5. The zero-order valence-corrected chi connectivity index (χ0v) is 35.7. The third kappa shape index (κ3) is 38.6. The van der Waals surface area contributed by atoms with E-state index in [1.54, 1.807) is 0 Å². The molecule has 0 radical (unpaired) electrons. The first-order chi connectivity index (χ1) is 26.6. The van der Waals surface area contributed by atoms with Gasteiger partial charge in [0, 0.05) is 12.8 Å². The van der Waals surface area contributed by atoms with E-state index in [0.717, 1.165) is 57.8 Å².